The zero-order valence-electron chi connectivity index (χ0n) is 23.0. The van der Waals surface area contributed by atoms with Crippen molar-refractivity contribution in [3.05, 3.63) is 104 Å². The summed E-state index contributed by atoms with van der Waals surface area (Å²) in [5.74, 6) is -4.68. The number of carboxylic acids is 1. The van der Waals surface area contributed by atoms with Gasteiger partial charge in [0, 0.05) is 35.2 Å². The molecule has 1 aliphatic heterocycles. The lowest BCUT2D eigenvalue weighted by atomic mass is 9.63. The van der Waals surface area contributed by atoms with Crippen LogP contribution in [-0.2, 0) is 12.0 Å². The number of benzene rings is 3. The van der Waals surface area contributed by atoms with Crippen LogP contribution >= 0.6 is 23.2 Å². The highest BCUT2D eigenvalue weighted by molar-refractivity contribution is 6.31. The van der Waals surface area contributed by atoms with Crippen LogP contribution in [0.15, 0.2) is 54.6 Å². The van der Waals surface area contributed by atoms with Gasteiger partial charge in [0.1, 0.15) is 22.9 Å². The van der Waals surface area contributed by atoms with Crippen LogP contribution in [0, 0.1) is 40.1 Å². The maximum atomic E-state index is 15.7. The van der Waals surface area contributed by atoms with Gasteiger partial charge in [0.25, 0.3) is 0 Å². The van der Waals surface area contributed by atoms with E-state index in [9.17, 15) is 19.2 Å². The van der Waals surface area contributed by atoms with Gasteiger partial charge in [-0.2, -0.15) is 5.26 Å². The molecule has 42 heavy (non-hydrogen) atoms. The third-order valence-electron chi connectivity index (χ3n) is 7.47. The minimum Gasteiger partial charge on any atom is -0.478 e. The number of amides is 2. The molecular formula is C31H28Cl2F3N3O3. The smallest absolute Gasteiger partial charge is 0.338 e. The summed E-state index contributed by atoms with van der Waals surface area (Å²) in [5.41, 5.74) is -2.47. The van der Waals surface area contributed by atoms with E-state index in [-0.39, 0.29) is 45.2 Å². The SMILES string of the molecule is CC(C)(C)CC1CN(C(=O)NCc2ccc(C(=O)O)c(F)c2)C(c2cccc(Cl)c2F)C1(C#N)c1ccc(Cl)cc1F. The number of aromatic carboxylic acids is 1. The number of hydrogen-bond donors (Lipinski definition) is 2. The van der Waals surface area contributed by atoms with E-state index in [1.165, 1.54) is 41.3 Å². The first kappa shape index (κ1) is 31.2. The van der Waals surface area contributed by atoms with E-state index in [4.69, 9.17) is 28.3 Å². The Morgan fingerprint density at radius 3 is 2.40 bits per heavy atom. The standard InChI is InChI=1S/C31H28Cl2F3N3O3/c1-30(2,3)13-18-15-39(29(42)38-14-17-7-9-20(28(40)41)24(34)11-17)27(21-5-4-6-23(33)26(21)36)31(18,16-37)22-10-8-19(32)12-25(22)35/h4-12,18,27H,13-15H2,1-3H3,(H,38,42)(H,40,41). The molecule has 4 rings (SSSR count). The molecule has 6 nitrogen and oxygen atoms in total. The molecule has 3 atom stereocenters. The molecule has 1 heterocycles. The van der Waals surface area contributed by atoms with Crippen molar-refractivity contribution in [3.8, 4) is 6.07 Å². The zero-order valence-corrected chi connectivity index (χ0v) is 24.5. The molecule has 0 bridgehead atoms. The number of nitrogens with one attached hydrogen (secondary N) is 1. The first-order valence-corrected chi connectivity index (χ1v) is 13.8. The second-order valence-electron chi connectivity index (χ2n) is 11.5. The van der Waals surface area contributed by atoms with E-state index >= 15 is 8.78 Å². The Bertz CT molecular complexity index is 1590. The summed E-state index contributed by atoms with van der Waals surface area (Å²) < 4.78 is 45.7. The molecule has 3 aromatic rings. The molecule has 2 amide bonds. The molecule has 0 radical (unpaired) electrons. The Hall–Kier alpha value is -3.74. The summed E-state index contributed by atoms with van der Waals surface area (Å²) >= 11 is 12.2. The van der Waals surface area contributed by atoms with Crippen LogP contribution in [0.5, 0.6) is 0 Å². The summed E-state index contributed by atoms with van der Waals surface area (Å²) in [6, 6.07) is 11.8. The number of urea groups is 1. The van der Waals surface area contributed by atoms with Crippen molar-refractivity contribution in [2.75, 3.05) is 6.54 Å². The minimum atomic E-state index is -1.75. The molecule has 11 heteroatoms. The molecule has 2 N–H and O–H groups in total. The van der Waals surface area contributed by atoms with Crippen LogP contribution in [0.4, 0.5) is 18.0 Å². The quantitative estimate of drug-likeness (QED) is 0.294. The van der Waals surface area contributed by atoms with Crippen molar-refractivity contribution in [2.24, 2.45) is 11.3 Å². The Balaban J connectivity index is 1.85. The number of nitriles is 1. The first-order valence-electron chi connectivity index (χ1n) is 13.1. The van der Waals surface area contributed by atoms with Gasteiger partial charge < -0.3 is 15.3 Å². The van der Waals surface area contributed by atoms with Crippen molar-refractivity contribution in [1.82, 2.24) is 10.2 Å². The van der Waals surface area contributed by atoms with Gasteiger partial charge in [-0.15, -0.1) is 0 Å². The van der Waals surface area contributed by atoms with Gasteiger partial charge in [-0.25, -0.2) is 22.8 Å². The number of likely N-dealkylation sites (tertiary alicyclic amines) is 1. The fourth-order valence-corrected chi connectivity index (χ4v) is 6.13. The Labute approximate surface area is 251 Å². The van der Waals surface area contributed by atoms with Gasteiger partial charge >= 0.3 is 12.0 Å². The third kappa shape index (κ3) is 5.92. The number of halogens is 5. The number of rotatable bonds is 6. The summed E-state index contributed by atoms with van der Waals surface area (Å²) in [6.07, 6.45) is 0.368. The van der Waals surface area contributed by atoms with Crippen LogP contribution in [0.3, 0.4) is 0 Å². The van der Waals surface area contributed by atoms with E-state index in [0.29, 0.717) is 6.42 Å². The highest BCUT2D eigenvalue weighted by atomic mass is 35.5. The fourth-order valence-electron chi connectivity index (χ4n) is 5.79. The topological polar surface area (TPSA) is 93.4 Å². The van der Waals surface area contributed by atoms with Gasteiger partial charge in [-0.1, -0.05) is 68.2 Å². The van der Waals surface area contributed by atoms with Crippen LogP contribution in [-0.4, -0.2) is 28.6 Å². The van der Waals surface area contributed by atoms with Gasteiger partial charge in [-0.3, -0.25) is 0 Å². The average Bonchev–Trinajstić information content (AvgIpc) is 3.21. The summed E-state index contributed by atoms with van der Waals surface area (Å²) in [6.45, 7) is 5.60. The number of hydrogen-bond acceptors (Lipinski definition) is 3. The summed E-state index contributed by atoms with van der Waals surface area (Å²) in [7, 11) is 0. The summed E-state index contributed by atoms with van der Waals surface area (Å²) in [4.78, 5) is 26.2. The maximum Gasteiger partial charge on any atom is 0.338 e. The van der Waals surface area contributed by atoms with Crippen LogP contribution < -0.4 is 5.32 Å². The maximum absolute atomic E-state index is 15.7. The van der Waals surface area contributed by atoms with Gasteiger partial charge in [0.2, 0.25) is 0 Å². The molecule has 0 aliphatic carbocycles. The van der Waals surface area contributed by atoms with Gasteiger partial charge in [0.15, 0.2) is 0 Å². The molecule has 220 valence electrons. The minimum absolute atomic E-state index is 0.0327. The number of nitrogens with zero attached hydrogens (tertiary/aromatic N) is 2. The van der Waals surface area contributed by atoms with Crippen molar-refractivity contribution in [2.45, 2.75) is 45.2 Å². The van der Waals surface area contributed by atoms with E-state index < -0.39 is 52.4 Å². The predicted octanol–water partition coefficient (Wildman–Crippen LogP) is 7.89. The normalized spacial score (nSPS) is 20.3. The van der Waals surface area contributed by atoms with Gasteiger partial charge in [-0.05, 0) is 47.7 Å². The van der Waals surface area contributed by atoms with E-state index in [0.717, 1.165) is 18.2 Å². The van der Waals surface area contributed by atoms with E-state index in [2.05, 4.69) is 11.4 Å². The van der Waals surface area contributed by atoms with Crippen molar-refractivity contribution >= 4 is 35.2 Å². The molecule has 0 spiro atoms. The lowest BCUT2D eigenvalue weighted by molar-refractivity contribution is 0.0691. The largest absolute Gasteiger partial charge is 0.478 e. The molecule has 3 unspecified atom stereocenters. The molecular weight excluding hydrogens is 590 g/mol. The van der Waals surface area contributed by atoms with Crippen molar-refractivity contribution in [1.29, 1.82) is 5.26 Å². The molecule has 1 saturated heterocycles. The monoisotopic (exact) mass is 617 g/mol. The Morgan fingerprint density at radius 1 is 1.10 bits per heavy atom. The molecule has 1 aliphatic rings. The predicted molar refractivity (Wildman–Crippen MR) is 153 cm³/mol. The Morgan fingerprint density at radius 2 is 1.81 bits per heavy atom. The lowest BCUT2D eigenvalue weighted by Crippen LogP contribution is -2.44. The fraction of sp³-hybridized carbons (Fsp3) is 0.323. The molecule has 0 saturated carbocycles. The van der Waals surface area contributed by atoms with E-state index in [1.54, 1.807) is 0 Å². The van der Waals surface area contributed by atoms with Gasteiger partial charge in [0.05, 0.1) is 22.7 Å². The second kappa shape index (κ2) is 11.9. The average molecular weight is 618 g/mol. The molecule has 1 fully saturated rings. The molecule has 0 aromatic heterocycles. The van der Waals surface area contributed by atoms with Crippen molar-refractivity contribution < 1.29 is 27.9 Å². The van der Waals surface area contributed by atoms with Crippen LogP contribution in [0.25, 0.3) is 0 Å². The lowest BCUT2D eigenvalue weighted by Gasteiger charge is -2.38. The zero-order chi connectivity index (χ0) is 31.0. The highest BCUT2D eigenvalue weighted by Crippen LogP contribution is 2.56. The molecule has 3 aromatic carbocycles. The third-order valence-corrected chi connectivity index (χ3v) is 8.00. The summed E-state index contributed by atoms with van der Waals surface area (Å²) in [5, 5.41) is 22.5. The van der Waals surface area contributed by atoms with Crippen LogP contribution in [0.2, 0.25) is 10.0 Å². The second-order valence-corrected chi connectivity index (χ2v) is 12.4. The van der Waals surface area contributed by atoms with Crippen LogP contribution in [0.1, 0.15) is 60.3 Å². The first-order chi connectivity index (χ1) is 19.7. The highest BCUT2D eigenvalue weighted by Gasteiger charge is 2.60. The van der Waals surface area contributed by atoms with Crippen molar-refractivity contribution in [3.63, 3.8) is 0 Å². The number of carbonyl (C=O) groups is 2. The number of carbonyl (C=O) groups excluding carboxylic acids is 1. The van der Waals surface area contributed by atoms with E-state index in [1.807, 2.05) is 20.8 Å². The Kier molecular flexibility index (Phi) is 8.81. The number of carboxylic acid groups (broad SMARTS) is 1.